The molecule has 2 heterocycles. The summed E-state index contributed by atoms with van der Waals surface area (Å²) < 4.78 is 7.16. The minimum absolute atomic E-state index is 0.153. The van der Waals surface area contributed by atoms with E-state index in [1.807, 2.05) is 42.8 Å². The molecule has 2 N–H and O–H groups in total. The van der Waals surface area contributed by atoms with Crippen molar-refractivity contribution in [2.45, 2.75) is 26.3 Å². The van der Waals surface area contributed by atoms with Crippen molar-refractivity contribution in [2.75, 3.05) is 0 Å². The van der Waals surface area contributed by atoms with Crippen molar-refractivity contribution in [3.05, 3.63) is 53.2 Å². The molecule has 0 fully saturated rings. The molecule has 0 aliphatic heterocycles. The average Bonchev–Trinajstić information content (AvgIpc) is 3.08. The van der Waals surface area contributed by atoms with Gasteiger partial charge in [0.25, 0.3) is 5.91 Å². The topological polar surface area (TPSA) is 97.4 Å². The van der Waals surface area contributed by atoms with E-state index < -0.39 is 5.97 Å². The SMILES string of the molecule is Cc1coc(CC(=O)O)c1C(=O)NC(C)c1nc2ccccc2n1C. The van der Waals surface area contributed by atoms with Crippen LogP contribution in [0.15, 0.2) is 34.9 Å². The molecule has 0 saturated heterocycles. The Morgan fingerprint density at radius 1 is 1.36 bits per heavy atom. The summed E-state index contributed by atoms with van der Waals surface area (Å²) >= 11 is 0. The second kappa shape index (κ2) is 6.43. The molecule has 1 unspecified atom stereocenters. The zero-order valence-corrected chi connectivity index (χ0v) is 14.2. The fraction of sp³-hybridized carbons (Fsp3) is 0.278. The maximum Gasteiger partial charge on any atom is 0.311 e. The number of carboxylic acid groups (broad SMARTS) is 1. The quantitative estimate of drug-likeness (QED) is 0.743. The van der Waals surface area contributed by atoms with Crippen LogP contribution in [0.1, 0.15) is 40.5 Å². The highest BCUT2D eigenvalue weighted by Crippen LogP contribution is 2.22. The third-order valence-electron chi connectivity index (χ3n) is 4.15. The summed E-state index contributed by atoms with van der Waals surface area (Å²) in [5, 5.41) is 11.8. The van der Waals surface area contributed by atoms with Gasteiger partial charge in [-0.1, -0.05) is 12.1 Å². The summed E-state index contributed by atoms with van der Waals surface area (Å²) in [5.74, 6) is -0.552. The first-order valence-corrected chi connectivity index (χ1v) is 7.89. The Kier molecular flexibility index (Phi) is 4.31. The van der Waals surface area contributed by atoms with Gasteiger partial charge in [-0.15, -0.1) is 0 Å². The van der Waals surface area contributed by atoms with Gasteiger partial charge in [-0.2, -0.15) is 0 Å². The van der Waals surface area contributed by atoms with Gasteiger partial charge >= 0.3 is 5.97 Å². The number of rotatable bonds is 5. The Morgan fingerprint density at radius 2 is 2.08 bits per heavy atom. The number of carbonyl (C=O) groups is 2. The lowest BCUT2D eigenvalue weighted by Gasteiger charge is -2.14. The highest BCUT2D eigenvalue weighted by Gasteiger charge is 2.23. The van der Waals surface area contributed by atoms with Gasteiger partial charge in [0.15, 0.2) is 0 Å². The number of fused-ring (bicyclic) bond motifs is 1. The lowest BCUT2D eigenvalue weighted by molar-refractivity contribution is -0.136. The summed E-state index contributed by atoms with van der Waals surface area (Å²) in [6.07, 6.45) is 1.06. The molecular weight excluding hydrogens is 322 g/mol. The van der Waals surface area contributed by atoms with E-state index in [2.05, 4.69) is 10.3 Å². The van der Waals surface area contributed by atoms with Crippen molar-refractivity contribution >= 4 is 22.9 Å². The van der Waals surface area contributed by atoms with Crippen LogP contribution in [0.25, 0.3) is 11.0 Å². The van der Waals surface area contributed by atoms with E-state index in [-0.39, 0.29) is 29.7 Å². The van der Waals surface area contributed by atoms with Crippen LogP contribution >= 0.6 is 0 Å². The van der Waals surface area contributed by atoms with E-state index in [4.69, 9.17) is 9.52 Å². The number of hydrogen-bond acceptors (Lipinski definition) is 4. The van der Waals surface area contributed by atoms with Gasteiger partial charge in [-0.3, -0.25) is 9.59 Å². The highest BCUT2D eigenvalue weighted by atomic mass is 16.4. The van der Waals surface area contributed by atoms with Crippen LogP contribution in [-0.2, 0) is 18.3 Å². The lowest BCUT2D eigenvalue weighted by atomic mass is 10.1. The Morgan fingerprint density at radius 3 is 2.76 bits per heavy atom. The van der Waals surface area contributed by atoms with Crippen LogP contribution in [0.5, 0.6) is 0 Å². The highest BCUT2D eigenvalue weighted by molar-refractivity contribution is 5.97. The molecule has 25 heavy (non-hydrogen) atoms. The van der Waals surface area contributed by atoms with Crippen molar-refractivity contribution < 1.29 is 19.1 Å². The Labute approximate surface area is 144 Å². The molecule has 1 amide bonds. The largest absolute Gasteiger partial charge is 0.481 e. The van der Waals surface area contributed by atoms with Gasteiger partial charge in [-0.05, 0) is 26.0 Å². The molecule has 1 atom stereocenters. The second-order valence-corrected chi connectivity index (χ2v) is 6.00. The van der Waals surface area contributed by atoms with Gasteiger partial charge < -0.3 is 19.4 Å². The number of nitrogens with zero attached hydrogens (tertiary/aromatic N) is 2. The molecule has 3 rings (SSSR count). The standard InChI is InChI=1S/C18H19N3O4/c1-10-9-25-14(8-15(22)23)16(10)18(24)19-11(2)17-20-12-6-4-5-7-13(12)21(17)3/h4-7,9,11H,8H2,1-3H3,(H,19,24)(H,22,23). The maximum atomic E-state index is 12.6. The Bertz CT molecular complexity index is 955. The maximum absolute atomic E-state index is 12.6. The summed E-state index contributed by atoms with van der Waals surface area (Å²) in [7, 11) is 1.90. The average molecular weight is 341 g/mol. The van der Waals surface area contributed by atoms with Crippen molar-refractivity contribution in [1.29, 1.82) is 0 Å². The minimum Gasteiger partial charge on any atom is -0.481 e. The number of carboxylic acids is 1. The van der Waals surface area contributed by atoms with Gasteiger partial charge in [0.05, 0.1) is 28.9 Å². The molecule has 0 aliphatic carbocycles. The van der Waals surface area contributed by atoms with E-state index in [9.17, 15) is 9.59 Å². The number of aliphatic carboxylic acids is 1. The smallest absolute Gasteiger partial charge is 0.311 e. The van der Waals surface area contributed by atoms with E-state index in [0.29, 0.717) is 5.56 Å². The number of para-hydroxylation sites is 2. The molecule has 0 aliphatic rings. The van der Waals surface area contributed by atoms with E-state index >= 15 is 0 Å². The Balaban J connectivity index is 1.86. The van der Waals surface area contributed by atoms with Crippen molar-refractivity contribution in [3.8, 4) is 0 Å². The number of amides is 1. The number of aromatic nitrogens is 2. The fourth-order valence-corrected chi connectivity index (χ4v) is 2.96. The normalized spacial score (nSPS) is 12.3. The number of nitrogens with one attached hydrogen (secondary N) is 1. The second-order valence-electron chi connectivity index (χ2n) is 6.00. The molecule has 130 valence electrons. The fourth-order valence-electron chi connectivity index (χ4n) is 2.96. The number of hydrogen-bond donors (Lipinski definition) is 2. The molecule has 1 aromatic carbocycles. The molecule has 0 spiro atoms. The number of furan rings is 1. The zero-order chi connectivity index (χ0) is 18.1. The predicted octanol–water partition coefficient (Wildman–Crippen LogP) is 2.59. The molecule has 0 bridgehead atoms. The number of benzene rings is 1. The number of carbonyl (C=O) groups excluding carboxylic acids is 1. The predicted molar refractivity (Wildman–Crippen MR) is 91.4 cm³/mol. The van der Waals surface area contributed by atoms with E-state index in [0.717, 1.165) is 16.9 Å². The third kappa shape index (κ3) is 3.13. The van der Waals surface area contributed by atoms with Crippen LogP contribution in [0.2, 0.25) is 0 Å². The monoisotopic (exact) mass is 341 g/mol. The summed E-state index contributed by atoms with van der Waals surface area (Å²) in [6, 6.07) is 7.38. The van der Waals surface area contributed by atoms with E-state index in [1.54, 1.807) is 6.92 Å². The number of aryl methyl sites for hydroxylation is 2. The lowest BCUT2D eigenvalue weighted by Crippen LogP contribution is -2.29. The summed E-state index contributed by atoms with van der Waals surface area (Å²) in [4.78, 5) is 28.1. The van der Waals surface area contributed by atoms with Crippen LogP contribution in [0.4, 0.5) is 0 Å². The van der Waals surface area contributed by atoms with Crippen molar-refractivity contribution in [2.24, 2.45) is 7.05 Å². The Hall–Kier alpha value is -3.09. The first-order chi connectivity index (χ1) is 11.9. The van der Waals surface area contributed by atoms with Crippen LogP contribution in [0.3, 0.4) is 0 Å². The molecular formula is C18H19N3O4. The van der Waals surface area contributed by atoms with Crippen LogP contribution in [0, 0.1) is 6.92 Å². The van der Waals surface area contributed by atoms with E-state index in [1.165, 1.54) is 6.26 Å². The van der Waals surface area contributed by atoms with Gasteiger partial charge in [-0.25, -0.2) is 4.98 Å². The first-order valence-electron chi connectivity index (χ1n) is 7.89. The molecule has 0 radical (unpaired) electrons. The molecule has 7 nitrogen and oxygen atoms in total. The number of imidazole rings is 1. The molecule has 7 heteroatoms. The molecule has 0 saturated carbocycles. The first kappa shape index (κ1) is 16.8. The van der Waals surface area contributed by atoms with Gasteiger partial charge in [0.1, 0.15) is 18.0 Å². The van der Waals surface area contributed by atoms with Crippen LogP contribution < -0.4 is 5.32 Å². The van der Waals surface area contributed by atoms with Crippen LogP contribution in [-0.4, -0.2) is 26.5 Å². The van der Waals surface area contributed by atoms with Crippen molar-refractivity contribution in [3.63, 3.8) is 0 Å². The van der Waals surface area contributed by atoms with Crippen molar-refractivity contribution in [1.82, 2.24) is 14.9 Å². The summed E-state index contributed by atoms with van der Waals surface area (Å²) in [5.41, 5.74) is 2.70. The third-order valence-corrected chi connectivity index (χ3v) is 4.15. The molecule has 2 aromatic heterocycles. The van der Waals surface area contributed by atoms with Gasteiger partial charge in [0.2, 0.25) is 0 Å². The summed E-state index contributed by atoms with van der Waals surface area (Å²) in [6.45, 7) is 3.55. The van der Waals surface area contributed by atoms with Gasteiger partial charge in [0, 0.05) is 12.6 Å². The minimum atomic E-state index is -1.05. The molecule has 3 aromatic rings. The zero-order valence-electron chi connectivity index (χ0n) is 14.2.